The molecule has 0 fully saturated rings. The van der Waals surface area contributed by atoms with Gasteiger partial charge in [-0.25, -0.2) is 4.68 Å². The number of halogens is 1. The van der Waals surface area contributed by atoms with Gasteiger partial charge < -0.3 is 5.32 Å². The average molecular weight is 344 g/mol. The molecule has 0 aliphatic heterocycles. The van der Waals surface area contributed by atoms with Crippen LogP contribution in [0, 0.1) is 0 Å². The Kier molecular flexibility index (Phi) is 6.20. The van der Waals surface area contributed by atoms with Crippen molar-refractivity contribution in [1.29, 1.82) is 0 Å². The smallest absolute Gasteiger partial charge is 0.230 e. The van der Waals surface area contributed by atoms with Gasteiger partial charge in [-0.1, -0.05) is 11.6 Å². The van der Waals surface area contributed by atoms with Gasteiger partial charge in [0.05, 0.1) is 35.3 Å². The molecule has 10 heteroatoms. The van der Waals surface area contributed by atoms with Crippen molar-refractivity contribution in [3.05, 3.63) is 23.2 Å². The van der Waals surface area contributed by atoms with Crippen LogP contribution in [0.5, 0.6) is 0 Å². The number of aromatic nitrogens is 6. The summed E-state index contributed by atoms with van der Waals surface area (Å²) in [5.74, 6) is 1.73. The zero-order valence-electron chi connectivity index (χ0n) is 12.4. The zero-order valence-corrected chi connectivity index (χ0v) is 14.0. The largest absolute Gasteiger partial charge is 0.354 e. The van der Waals surface area contributed by atoms with Crippen LogP contribution in [0.3, 0.4) is 0 Å². The lowest BCUT2D eigenvalue weighted by atomic mass is 10.4. The molecule has 2 heterocycles. The lowest BCUT2D eigenvalue weighted by Gasteiger charge is -2.08. The number of nitrogens with zero attached hydrogens (tertiary/aromatic N) is 6. The van der Waals surface area contributed by atoms with E-state index >= 15 is 0 Å². The number of thioether (sulfide) groups is 1. The molecule has 2 aromatic rings. The summed E-state index contributed by atoms with van der Waals surface area (Å²) in [7, 11) is 0. The standard InChI is InChI=1S/C12H18ClN7OS/c1-9(2)20-11(16-17-18-20)7-22-8-12(21)14-3-4-19-6-10(13)5-15-19/h5-6,9H,3-4,7-8H2,1-2H3,(H,14,21). The van der Waals surface area contributed by atoms with E-state index in [4.69, 9.17) is 11.6 Å². The molecule has 0 aliphatic rings. The predicted octanol–water partition coefficient (Wildman–Crippen LogP) is 1.15. The highest BCUT2D eigenvalue weighted by Crippen LogP contribution is 2.12. The second-order valence-electron chi connectivity index (χ2n) is 4.90. The van der Waals surface area contributed by atoms with Crippen molar-refractivity contribution in [2.45, 2.75) is 32.2 Å². The summed E-state index contributed by atoms with van der Waals surface area (Å²) in [5, 5.41) is 19.0. The lowest BCUT2D eigenvalue weighted by molar-refractivity contribution is -0.118. The van der Waals surface area contributed by atoms with Gasteiger partial charge in [0.15, 0.2) is 5.82 Å². The van der Waals surface area contributed by atoms with Crippen molar-refractivity contribution in [2.75, 3.05) is 12.3 Å². The van der Waals surface area contributed by atoms with Crippen molar-refractivity contribution < 1.29 is 4.79 Å². The first-order valence-electron chi connectivity index (χ1n) is 6.85. The fourth-order valence-corrected chi connectivity index (χ4v) is 2.68. The molecular formula is C12H18ClN7OS. The summed E-state index contributed by atoms with van der Waals surface area (Å²) in [6.07, 6.45) is 3.28. The van der Waals surface area contributed by atoms with Crippen molar-refractivity contribution in [3.63, 3.8) is 0 Å². The van der Waals surface area contributed by atoms with Gasteiger partial charge in [-0.2, -0.15) is 5.10 Å². The van der Waals surface area contributed by atoms with Crippen LogP contribution in [0.4, 0.5) is 0 Å². The van der Waals surface area contributed by atoms with Crippen molar-refractivity contribution in [1.82, 2.24) is 35.3 Å². The highest BCUT2D eigenvalue weighted by Gasteiger charge is 2.10. The van der Waals surface area contributed by atoms with Crippen molar-refractivity contribution in [3.8, 4) is 0 Å². The van der Waals surface area contributed by atoms with Crippen LogP contribution < -0.4 is 5.32 Å². The van der Waals surface area contributed by atoms with Crippen LogP contribution in [-0.2, 0) is 17.1 Å². The van der Waals surface area contributed by atoms with Crippen LogP contribution >= 0.6 is 23.4 Å². The molecule has 0 bridgehead atoms. The average Bonchev–Trinajstić information content (AvgIpc) is 3.08. The normalized spacial score (nSPS) is 11.1. The Morgan fingerprint density at radius 1 is 1.50 bits per heavy atom. The molecule has 120 valence electrons. The summed E-state index contributed by atoms with van der Waals surface area (Å²) in [6, 6.07) is 0.209. The van der Waals surface area contributed by atoms with E-state index in [1.165, 1.54) is 11.8 Å². The fourth-order valence-electron chi connectivity index (χ4n) is 1.77. The highest BCUT2D eigenvalue weighted by atomic mass is 35.5. The first kappa shape index (κ1) is 16.8. The molecule has 0 saturated carbocycles. The summed E-state index contributed by atoms with van der Waals surface area (Å²) < 4.78 is 3.44. The Bertz CT molecular complexity index is 612. The Balaban J connectivity index is 1.64. The van der Waals surface area contributed by atoms with Gasteiger partial charge >= 0.3 is 0 Å². The third kappa shape index (κ3) is 4.99. The number of hydrogen-bond donors (Lipinski definition) is 1. The Morgan fingerprint density at radius 3 is 3.00 bits per heavy atom. The Labute approximate surface area is 137 Å². The molecule has 8 nitrogen and oxygen atoms in total. The van der Waals surface area contributed by atoms with Crippen LogP contribution in [0.25, 0.3) is 0 Å². The van der Waals surface area contributed by atoms with Crippen LogP contribution in [0.1, 0.15) is 25.7 Å². The van der Waals surface area contributed by atoms with Crippen molar-refractivity contribution in [2.24, 2.45) is 0 Å². The number of amides is 1. The Morgan fingerprint density at radius 2 is 2.32 bits per heavy atom. The second kappa shape index (κ2) is 8.14. The van der Waals surface area contributed by atoms with Gasteiger partial charge in [-0.15, -0.1) is 16.9 Å². The predicted molar refractivity (Wildman–Crippen MR) is 84.6 cm³/mol. The van der Waals surface area contributed by atoms with Gasteiger partial charge in [0.2, 0.25) is 5.91 Å². The molecule has 2 aromatic heterocycles. The van der Waals surface area contributed by atoms with Gasteiger partial charge in [0.1, 0.15) is 0 Å². The molecule has 0 aromatic carbocycles. The maximum atomic E-state index is 11.7. The van der Waals surface area contributed by atoms with E-state index in [1.54, 1.807) is 21.8 Å². The monoisotopic (exact) mass is 343 g/mol. The first-order chi connectivity index (χ1) is 10.6. The lowest BCUT2D eigenvalue weighted by Crippen LogP contribution is -2.28. The third-order valence-corrected chi connectivity index (χ3v) is 3.90. The summed E-state index contributed by atoms with van der Waals surface area (Å²) in [6.45, 7) is 5.13. The highest BCUT2D eigenvalue weighted by molar-refractivity contribution is 7.99. The number of carbonyl (C=O) groups excluding carboxylic acids is 1. The number of carbonyl (C=O) groups is 1. The molecule has 1 amide bonds. The zero-order chi connectivity index (χ0) is 15.9. The van der Waals surface area contributed by atoms with E-state index in [9.17, 15) is 4.79 Å². The third-order valence-electron chi connectivity index (χ3n) is 2.78. The molecule has 0 saturated heterocycles. The summed E-state index contributed by atoms with van der Waals surface area (Å²) >= 11 is 7.24. The molecule has 1 N–H and O–H groups in total. The minimum Gasteiger partial charge on any atom is -0.354 e. The topological polar surface area (TPSA) is 90.5 Å². The fraction of sp³-hybridized carbons (Fsp3) is 0.583. The number of hydrogen-bond acceptors (Lipinski definition) is 6. The second-order valence-corrected chi connectivity index (χ2v) is 6.32. The molecule has 0 spiro atoms. The SMILES string of the molecule is CC(C)n1nnnc1CSCC(=O)NCCn1cc(Cl)cn1. The van der Waals surface area contributed by atoms with Gasteiger partial charge in [-0.05, 0) is 24.3 Å². The van der Waals surface area contributed by atoms with E-state index in [2.05, 4.69) is 25.9 Å². The molecular weight excluding hydrogens is 326 g/mol. The molecule has 0 unspecified atom stereocenters. The van der Waals surface area contributed by atoms with Crippen molar-refractivity contribution >= 4 is 29.3 Å². The minimum atomic E-state index is -0.0215. The van der Waals surface area contributed by atoms with Crippen LogP contribution in [0.2, 0.25) is 5.02 Å². The molecule has 22 heavy (non-hydrogen) atoms. The van der Waals surface area contributed by atoms with E-state index in [-0.39, 0.29) is 11.9 Å². The van der Waals surface area contributed by atoms with Gasteiger partial charge in [0.25, 0.3) is 0 Å². The summed E-state index contributed by atoms with van der Waals surface area (Å²) in [5.41, 5.74) is 0. The number of rotatable bonds is 8. The quantitative estimate of drug-likeness (QED) is 0.773. The Hall–Kier alpha value is -1.61. The maximum Gasteiger partial charge on any atom is 0.230 e. The molecule has 0 radical (unpaired) electrons. The van der Waals surface area contributed by atoms with Gasteiger partial charge in [0, 0.05) is 12.7 Å². The molecule has 0 aliphatic carbocycles. The first-order valence-corrected chi connectivity index (χ1v) is 8.38. The van der Waals surface area contributed by atoms with E-state index in [0.29, 0.717) is 29.6 Å². The molecule has 2 rings (SSSR count). The van der Waals surface area contributed by atoms with Gasteiger partial charge in [-0.3, -0.25) is 9.48 Å². The summed E-state index contributed by atoms with van der Waals surface area (Å²) in [4.78, 5) is 11.7. The van der Waals surface area contributed by atoms with Crippen LogP contribution in [-0.4, -0.2) is 48.2 Å². The minimum absolute atomic E-state index is 0.0215. The van der Waals surface area contributed by atoms with E-state index < -0.39 is 0 Å². The maximum absolute atomic E-state index is 11.7. The molecule has 0 atom stereocenters. The van der Waals surface area contributed by atoms with E-state index in [0.717, 1.165) is 5.82 Å². The van der Waals surface area contributed by atoms with E-state index in [1.807, 2.05) is 13.8 Å². The number of nitrogens with one attached hydrogen (secondary N) is 1. The number of tetrazole rings is 1. The van der Waals surface area contributed by atoms with Crippen LogP contribution in [0.15, 0.2) is 12.4 Å².